The molecule has 0 radical (unpaired) electrons. The lowest BCUT2D eigenvalue weighted by Gasteiger charge is -2.05. The van der Waals surface area contributed by atoms with Crippen molar-refractivity contribution in [3.05, 3.63) is 29.8 Å². The van der Waals surface area contributed by atoms with Crippen LogP contribution in [0.1, 0.15) is 12.0 Å². The van der Waals surface area contributed by atoms with Crippen LogP contribution in [0.2, 0.25) is 0 Å². The molecule has 3 nitrogen and oxygen atoms in total. The zero-order valence-electron chi connectivity index (χ0n) is 8.38. The van der Waals surface area contributed by atoms with E-state index in [2.05, 4.69) is 16.7 Å². The second-order valence-electron chi connectivity index (χ2n) is 3.08. The molecule has 0 spiro atoms. The summed E-state index contributed by atoms with van der Waals surface area (Å²) in [7, 11) is 1.94. The predicted molar refractivity (Wildman–Crippen MR) is 58.2 cm³/mol. The number of rotatable bonds is 5. The molecule has 0 atom stereocenters. The minimum Gasteiger partial charge on any atom is -0.385 e. The summed E-state index contributed by atoms with van der Waals surface area (Å²) in [5.74, 6) is 0. The monoisotopic (exact) mass is 189 g/mol. The first kappa shape index (κ1) is 10.6. The number of nitriles is 1. The number of anilines is 1. The Labute approximate surface area is 84.7 Å². The maximum atomic E-state index is 8.68. The Balaban J connectivity index is 2.39. The van der Waals surface area contributed by atoms with Gasteiger partial charge in [0.2, 0.25) is 0 Å². The van der Waals surface area contributed by atoms with E-state index in [9.17, 15) is 0 Å². The minimum absolute atomic E-state index is 0.698. The van der Waals surface area contributed by atoms with Crippen LogP contribution in [0.3, 0.4) is 0 Å². The third kappa shape index (κ3) is 3.46. The predicted octanol–water partition coefficient (Wildman–Crippen LogP) is 1.58. The first-order chi connectivity index (χ1) is 6.86. The topological polar surface area (TPSA) is 47.8 Å². The van der Waals surface area contributed by atoms with E-state index >= 15 is 0 Å². The molecule has 0 amide bonds. The van der Waals surface area contributed by atoms with Gasteiger partial charge in [-0.3, -0.25) is 0 Å². The fourth-order valence-electron chi connectivity index (χ4n) is 1.20. The third-order valence-electron chi connectivity index (χ3n) is 1.92. The Kier molecular flexibility index (Phi) is 4.53. The van der Waals surface area contributed by atoms with Crippen LogP contribution in [-0.2, 0) is 0 Å². The van der Waals surface area contributed by atoms with Crippen molar-refractivity contribution in [2.24, 2.45) is 0 Å². The molecule has 0 aromatic heterocycles. The van der Waals surface area contributed by atoms with Gasteiger partial charge in [0.25, 0.3) is 0 Å². The average molecular weight is 189 g/mol. The highest BCUT2D eigenvalue weighted by Crippen LogP contribution is 2.09. The standard InChI is InChI=1S/C11H15N3/c1-13-6-3-7-14-11-5-2-4-10(8-11)9-12/h2,4-5,8,13-14H,3,6-7H2,1H3. The van der Waals surface area contributed by atoms with Gasteiger partial charge in [-0.2, -0.15) is 5.26 Å². The quantitative estimate of drug-likeness (QED) is 0.691. The van der Waals surface area contributed by atoms with Gasteiger partial charge in [0, 0.05) is 12.2 Å². The van der Waals surface area contributed by atoms with Gasteiger partial charge < -0.3 is 10.6 Å². The van der Waals surface area contributed by atoms with Crippen molar-refractivity contribution in [2.75, 3.05) is 25.5 Å². The van der Waals surface area contributed by atoms with Crippen molar-refractivity contribution < 1.29 is 0 Å². The molecule has 0 bridgehead atoms. The second-order valence-corrected chi connectivity index (χ2v) is 3.08. The van der Waals surface area contributed by atoms with Crippen LogP contribution in [0.25, 0.3) is 0 Å². The van der Waals surface area contributed by atoms with E-state index in [0.29, 0.717) is 5.56 Å². The number of benzene rings is 1. The summed E-state index contributed by atoms with van der Waals surface area (Å²) in [5.41, 5.74) is 1.71. The van der Waals surface area contributed by atoms with E-state index in [0.717, 1.165) is 25.2 Å². The first-order valence-electron chi connectivity index (χ1n) is 4.75. The molecule has 14 heavy (non-hydrogen) atoms. The average Bonchev–Trinajstić information content (AvgIpc) is 2.25. The van der Waals surface area contributed by atoms with Gasteiger partial charge in [0.1, 0.15) is 0 Å². The van der Waals surface area contributed by atoms with Crippen LogP contribution in [0.5, 0.6) is 0 Å². The van der Waals surface area contributed by atoms with Crippen molar-refractivity contribution in [2.45, 2.75) is 6.42 Å². The number of nitrogens with one attached hydrogen (secondary N) is 2. The van der Waals surface area contributed by atoms with Gasteiger partial charge in [-0.15, -0.1) is 0 Å². The van der Waals surface area contributed by atoms with Gasteiger partial charge in [0.05, 0.1) is 11.6 Å². The van der Waals surface area contributed by atoms with Crippen LogP contribution in [0.4, 0.5) is 5.69 Å². The van der Waals surface area contributed by atoms with Crippen LogP contribution < -0.4 is 10.6 Å². The zero-order chi connectivity index (χ0) is 10.2. The van der Waals surface area contributed by atoms with E-state index < -0.39 is 0 Å². The Bertz CT molecular complexity index is 315. The Morgan fingerprint density at radius 1 is 1.36 bits per heavy atom. The fourth-order valence-corrected chi connectivity index (χ4v) is 1.20. The van der Waals surface area contributed by atoms with Gasteiger partial charge >= 0.3 is 0 Å². The SMILES string of the molecule is CNCCCNc1cccc(C#N)c1. The lowest BCUT2D eigenvalue weighted by molar-refractivity contribution is 0.748. The lowest BCUT2D eigenvalue weighted by atomic mass is 10.2. The molecule has 74 valence electrons. The molecule has 1 aromatic rings. The molecule has 0 saturated heterocycles. The van der Waals surface area contributed by atoms with Crippen molar-refractivity contribution in [1.82, 2.24) is 5.32 Å². The molecule has 1 rings (SSSR count). The van der Waals surface area contributed by atoms with Crippen LogP contribution in [0, 0.1) is 11.3 Å². The second kappa shape index (κ2) is 6.01. The number of hydrogen-bond acceptors (Lipinski definition) is 3. The Morgan fingerprint density at radius 2 is 2.21 bits per heavy atom. The molecule has 0 aliphatic heterocycles. The first-order valence-corrected chi connectivity index (χ1v) is 4.75. The van der Waals surface area contributed by atoms with Crippen LogP contribution in [-0.4, -0.2) is 20.1 Å². The molecule has 0 heterocycles. The summed E-state index contributed by atoms with van der Waals surface area (Å²) in [6.45, 7) is 1.93. The Morgan fingerprint density at radius 3 is 2.93 bits per heavy atom. The number of hydrogen-bond donors (Lipinski definition) is 2. The highest BCUT2D eigenvalue weighted by molar-refractivity contribution is 5.48. The van der Waals surface area contributed by atoms with Crippen molar-refractivity contribution in [3.63, 3.8) is 0 Å². The summed E-state index contributed by atoms with van der Waals surface area (Å²) < 4.78 is 0. The van der Waals surface area contributed by atoms with Crippen molar-refractivity contribution in [3.8, 4) is 6.07 Å². The van der Waals surface area contributed by atoms with E-state index in [1.54, 1.807) is 6.07 Å². The molecule has 0 unspecified atom stereocenters. The molecule has 0 fully saturated rings. The van der Waals surface area contributed by atoms with Crippen molar-refractivity contribution in [1.29, 1.82) is 5.26 Å². The highest BCUT2D eigenvalue weighted by Gasteiger charge is 1.93. The van der Waals surface area contributed by atoms with E-state index in [4.69, 9.17) is 5.26 Å². The van der Waals surface area contributed by atoms with E-state index in [1.807, 2.05) is 25.2 Å². The smallest absolute Gasteiger partial charge is 0.0992 e. The maximum absolute atomic E-state index is 8.68. The third-order valence-corrected chi connectivity index (χ3v) is 1.92. The van der Waals surface area contributed by atoms with Gasteiger partial charge in [-0.25, -0.2) is 0 Å². The molecular formula is C11H15N3. The summed E-state index contributed by atoms with van der Waals surface area (Å²) in [4.78, 5) is 0. The molecule has 2 N–H and O–H groups in total. The maximum Gasteiger partial charge on any atom is 0.0992 e. The lowest BCUT2D eigenvalue weighted by Crippen LogP contribution is -2.12. The molecular weight excluding hydrogens is 174 g/mol. The summed E-state index contributed by atoms with van der Waals surface area (Å²) in [6, 6.07) is 9.64. The van der Waals surface area contributed by atoms with Crippen LogP contribution >= 0.6 is 0 Å². The summed E-state index contributed by atoms with van der Waals surface area (Å²) in [6.07, 6.45) is 1.08. The largest absolute Gasteiger partial charge is 0.385 e. The van der Waals surface area contributed by atoms with Crippen LogP contribution in [0.15, 0.2) is 24.3 Å². The molecule has 0 aliphatic rings. The van der Waals surface area contributed by atoms with E-state index in [-0.39, 0.29) is 0 Å². The normalized spacial score (nSPS) is 9.43. The van der Waals surface area contributed by atoms with Crippen molar-refractivity contribution >= 4 is 5.69 Å². The molecule has 3 heteroatoms. The molecule has 0 saturated carbocycles. The highest BCUT2D eigenvalue weighted by atomic mass is 14.9. The number of nitrogens with zero attached hydrogens (tertiary/aromatic N) is 1. The van der Waals surface area contributed by atoms with Gasteiger partial charge in [-0.1, -0.05) is 6.07 Å². The van der Waals surface area contributed by atoms with Gasteiger partial charge in [-0.05, 0) is 38.2 Å². The van der Waals surface area contributed by atoms with Gasteiger partial charge in [0.15, 0.2) is 0 Å². The summed E-state index contributed by atoms with van der Waals surface area (Å²) in [5, 5.41) is 15.0. The van der Waals surface area contributed by atoms with E-state index in [1.165, 1.54) is 0 Å². The molecule has 1 aromatic carbocycles. The minimum atomic E-state index is 0.698. The Hall–Kier alpha value is -1.53. The molecule has 0 aliphatic carbocycles. The summed E-state index contributed by atoms with van der Waals surface area (Å²) >= 11 is 0. The fraction of sp³-hybridized carbons (Fsp3) is 0.364. The zero-order valence-corrected chi connectivity index (χ0v) is 8.38.